The molecule has 1 aliphatic carbocycles. The summed E-state index contributed by atoms with van der Waals surface area (Å²) in [4.78, 5) is 2.13. The lowest BCUT2D eigenvalue weighted by atomic mass is 9.72. The third kappa shape index (κ3) is 7.61. The van der Waals surface area contributed by atoms with E-state index < -0.39 is 15.7 Å². The molecular weight excluding hydrogens is 330 g/mol. The molecule has 0 aromatic heterocycles. The standard InChI is InChI=1S/C16H25NO2.CH4O3S/c1-17(2)12-15(13-6-8-14(18)9-7-13)16(19)10-4-3-5-11-16;1-5(2,3)4/h6-9,15,18-19H,3-5,10-12H2,1-2H3;1H3,(H,2,3,4). The monoisotopic (exact) mass is 359 g/mol. The Morgan fingerprint density at radius 2 is 1.58 bits per heavy atom. The minimum atomic E-state index is -3.67. The molecule has 0 saturated heterocycles. The maximum atomic E-state index is 11.0. The van der Waals surface area contributed by atoms with Crippen molar-refractivity contribution in [2.24, 2.45) is 0 Å². The smallest absolute Gasteiger partial charge is 0.261 e. The summed E-state index contributed by atoms with van der Waals surface area (Å²) in [6.45, 7) is 0.835. The first kappa shape index (κ1) is 20.9. The zero-order valence-electron chi connectivity index (χ0n) is 14.6. The molecule has 1 aliphatic rings. The molecule has 1 saturated carbocycles. The predicted octanol–water partition coefficient (Wildman–Crippen LogP) is 2.24. The lowest BCUT2D eigenvalue weighted by molar-refractivity contribution is -0.0277. The van der Waals surface area contributed by atoms with Gasteiger partial charge in [0.15, 0.2) is 0 Å². The van der Waals surface area contributed by atoms with Crippen molar-refractivity contribution in [2.75, 3.05) is 26.9 Å². The highest BCUT2D eigenvalue weighted by Crippen LogP contribution is 2.40. The van der Waals surface area contributed by atoms with Crippen molar-refractivity contribution in [1.82, 2.24) is 4.90 Å². The van der Waals surface area contributed by atoms with Crippen LogP contribution in [-0.4, -0.2) is 60.6 Å². The van der Waals surface area contributed by atoms with Gasteiger partial charge in [0.2, 0.25) is 0 Å². The van der Waals surface area contributed by atoms with Crippen LogP contribution in [0.4, 0.5) is 0 Å². The van der Waals surface area contributed by atoms with Crippen LogP contribution in [0.25, 0.3) is 0 Å². The second-order valence-electron chi connectivity index (χ2n) is 6.80. The maximum Gasteiger partial charge on any atom is 0.261 e. The Morgan fingerprint density at radius 1 is 1.12 bits per heavy atom. The number of aliphatic hydroxyl groups is 1. The van der Waals surface area contributed by atoms with E-state index in [-0.39, 0.29) is 11.7 Å². The second-order valence-corrected chi connectivity index (χ2v) is 8.27. The topological polar surface area (TPSA) is 98.1 Å². The number of rotatable bonds is 4. The van der Waals surface area contributed by atoms with E-state index in [0.29, 0.717) is 6.26 Å². The molecule has 1 aromatic rings. The van der Waals surface area contributed by atoms with Crippen molar-refractivity contribution in [3.05, 3.63) is 29.8 Å². The Labute approximate surface area is 144 Å². The van der Waals surface area contributed by atoms with Crippen LogP contribution < -0.4 is 0 Å². The van der Waals surface area contributed by atoms with Gasteiger partial charge in [-0.2, -0.15) is 8.42 Å². The molecule has 1 fully saturated rings. The van der Waals surface area contributed by atoms with E-state index >= 15 is 0 Å². The first-order valence-corrected chi connectivity index (χ1v) is 9.94. The molecule has 1 unspecified atom stereocenters. The van der Waals surface area contributed by atoms with Gasteiger partial charge in [-0.15, -0.1) is 0 Å². The van der Waals surface area contributed by atoms with E-state index in [1.165, 1.54) is 6.42 Å². The first-order valence-electron chi connectivity index (χ1n) is 8.10. The molecule has 1 atom stereocenters. The lowest BCUT2D eigenvalue weighted by Crippen LogP contribution is -2.42. The Hall–Kier alpha value is -1.15. The minimum absolute atomic E-state index is 0.114. The van der Waals surface area contributed by atoms with Gasteiger partial charge in [0.05, 0.1) is 11.9 Å². The van der Waals surface area contributed by atoms with E-state index in [1.54, 1.807) is 12.1 Å². The summed E-state index contributed by atoms with van der Waals surface area (Å²) in [5.74, 6) is 0.395. The molecule has 6 nitrogen and oxygen atoms in total. The summed E-state index contributed by atoms with van der Waals surface area (Å²) in [5.41, 5.74) is 0.523. The quantitative estimate of drug-likeness (QED) is 0.713. The van der Waals surface area contributed by atoms with Crippen LogP contribution in [0.2, 0.25) is 0 Å². The predicted molar refractivity (Wildman–Crippen MR) is 94.9 cm³/mol. The highest BCUT2D eigenvalue weighted by Gasteiger charge is 2.38. The third-order valence-electron chi connectivity index (χ3n) is 4.21. The van der Waals surface area contributed by atoms with E-state index in [9.17, 15) is 18.6 Å². The molecule has 0 spiro atoms. The molecule has 138 valence electrons. The summed E-state index contributed by atoms with van der Waals surface area (Å²) in [6.07, 6.45) is 5.93. The van der Waals surface area contributed by atoms with Gasteiger partial charge < -0.3 is 15.1 Å². The van der Waals surface area contributed by atoms with Gasteiger partial charge >= 0.3 is 0 Å². The van der Waals surface area contributed by atoms with Crippen LogP contribution in [0, 0.1) is 0 Å². The van der Waals surface area contributed by atoms with E-state index in [1.807, 2.05) is 26.2 Å². The van der Waals surface area contributed by atoms with Crippen molar-refractivity contribution in [3.63, 3.8) is 0 Å². The molecule has 0 aliphatic heterocycles. The van der Waals surface area contributed by atoms with E-state index in [4.69, 9.17) is 4.55 Å². The minimum Gasteiger partial charge on any atom is -0.508 e. The van der Waals surface area contributed by atoms with Crippen LogP contribution in [-0.2, 0) is 10.1 Å². The average Bonchev–Trinajstić information content (AvgIpc) is 2.45. The van der Waals surface area contributed by atoms with Crippen LogP contribution >= 0.6 is 0 Å². The number of hydrogen-bond acceptors (Lipinski definition) is 5. The Bertz CT molecular complexity index is 584. The van der Waals surface area contributed by atoms with Gasteiger partial charge in [0.1, 0.15) is 5.75 Å². The summed E-state index contributed by atoms with van der Waals surface area (Å²) >= 11 is 0. The molecule has 0 bridgehead atoms. The number of phenolic OH excluding ortho intramolecular Hbond substituents is 1. The fourth-order valence-corrected chi connectivity index (χ4v) is 3.17. The Morgan fingerprint density at radius 3 is 2.00 bits per heavy atom. The number of nitrogens with zero attached hydrogens (tertiary/aromatic N) is 1. The van der Waals surface area contributed by atoms with E-state index in [0.717, 1.165) is 37.8 Å². The van der Waals surface area contributed by atoms with Gasteiger partial charge in [0.25, 0.3) is 10.1 Å². The lowest BCUT2D eigenvalue weighted by Gasteiger charge is -2.40. The SMILES string of the molecule is CN(C)CC(c1ccc(O)cc1)C1(O)CCCCC1.CS(=O)(=O)O. The molecule has 0 radical (unpaired) electrons. The van der Waals surface area contributed by atoms with Crippen molar-refractivity contribution in [3.8, 4) is 5.75 Å². The zero-order valence-corrected chi connectivity index (χ0v) is 15.5. The molecular formula is C17H29NO5S. The highest BCUT2D eigenvalue weighted by atomic mass is 32.2. The average molecular weight is 359 g/mol. The number of likely N-dealkylation sites (N-methyl/N-ethyl adjacent to an activating group) is 1. The van der Waals surface area contributed by atoms with Gasteiger partial charge in [-0.3, -0.25) is 4.55 Å². The van der Waals surface area contributed by atoms with Crippen LogP contribution in [0.1, 0.15) is 43.6 Å². The summed E-state index contributed by atoms with van der Waals surface area (Å²) in [5, 5.41) is 20.4. The molecule has 7 heteroatoms. The first-order chi connectivity index (χ1) is 11.0. The van der Waals surface area contributed by atoms with Crippen molar-refractivity contribution in [1.29, 1.82) is 0 Å². The summed E-state index contributed by atoms with van der Waals surface area (Å²) in [7, 11) is 0.416. The summed E-state index contributed by atoms with van der Waals surface area (Å²) < 4.78 is 25.9. The number of phenols is 1. The van der Waals surface area contributed by atoms with Crippen molar-refractivity contribution in [2.45, 2.75) is 43.6 Å². The van der Waals surface area contributed by atoms with Gasteiger partial charge in [-0.1, -0.05) is 31.4 Å². The van der Waals surface area contributed by atoms with Crippen molar-refractivity contribution >= 4 is 10.1 Å². The summed E-state index contributed by atoms with van der Waals surface area (Å²) in [6, 6.07) is 7.31. The molecule has 0 heterocycles. The molecule has 24 heavy (non-hydrogen) atoms. The molecule has 1 aromatic carbocycles. The normalized spacial score (nSPS) is 18.6. The Kier molecular flexibility index (Phi) is 7.66. The van der Waals surface area contributed by atoms with Gasteiger partial charge in [-0.05, 0) is 44.6 Å². The van der Waals surface area contributed by atoms with E-state index in [2.05, 4.69) is 4.90 Å². The van der Waals surface area contributed by atoms with Crippen LogP contribution in [0.5, 0.6) is 5.75 Å². The Balaban J connectivity index is 0.000000505. The second kappa shape index (κ2) is 8.80. The molecule has 2 rings (SSSR count). The molecule has 3 N–H and O–H groups in total. The highest BCUT2D eigenvalue weighted by molar-refractivity contribution is 7.85. The molecule has 0 amide bonds. The van der Waals surface area contributed by atoms with Gasteiger partial charge in [-0.25, -0.2) is 0 Å². The van der Waals surface area contributed by atoms with Crippen LogP contribution in [0.3, 0.4) is 0 Å². The fraction of sp³-hybridized carbons (Fsp3) is 0.647. The number of aromatic hydroxyl groups is 1. The number of hydrogen-bond donors (Lipinski definition) is 3. The van der Waals surface area contributed by atoms with Gasteiger partial charge in [0, 0.05) is 12.5 Å². The zero-order chi connectivity index (χ0) is 18.4. The largest absolute Gasteiger partial charge is 0.508 e. The fourth-order valence-electron chi connectivity index (χ4n) is 3.17. The van der Waals surface area contributed by atoms with Crippen LogP contribution in [0.15, 0.2) is 24.3 Å². The number of benzene rings is 1. The van der Waals surface area contributed by atoms with Crippen molar-refractivity contribution < 1.29 is 23.2 Å². The maximum absolute atomic E-state index is 11.0. The third-order valence-corrected chi connectivity index (χ3v) is 4.21.